The molecule has 1 atom stereocenters. The van der Waals surface area contributed by atoms with Gasteiger partial charge in [-0.15, -0.1) is 26.3 Å². The minimum atomic E-state index is -4.72. The number of hydrogen-bond acceptors (Lipinski definition) is 4. The van der Waals surface area contributed by atoms with Crippen LogP contribution in [0.1, 0.15) is 46.6 Å². The van der Waals surface area contributed by atoms with Gasteiger partial charge in [-0.2, -0.15) is 0 Å². The second kappa shape index (κ2) is 14.0. The van der Waals surface area contributed by atoms with Crippen molar-refractivity contribution in [2.45, 2.75) is 53.4 Å². The molecule has 1 aliphatic rings. The highest BCUT2D eigenvalue weighted by atomic mass is 19.4. The van der Waals surface area contributed by atoms with E-state index in [1.54, 1.807) is 12.1 Å². The first-order valence-electron chi connectivity index (χ1n) is 12.1. The van der Waals surface area contributed by atoms with Crippen LogP contribution >= 0.6 is 0 Å². The smallest absolute Gasteiger partial charge is 0.406 e. The Morgan fingerprint density at radius 3 is 2.19 bits per heavy atom. The van der Waals surface area contributed by atoms with Crippen LogP contribution in [0.15, 0.2) is 79.2 Å². The molecule has 4 nitrogen and oxygen atoms in total. The monoisotopic (exact) mass is 506 g/mol. The second-order valence-electron chi connectivity index (χ2n) is 9.11. The van der Waals surface area contributed by atoms with E-state index in [1.807, 2.05) is 20.8 Å². The highest BCUT2D eigenvalue weighted by Gasteiger charge is 2.31. The molecule has 0 aromatic heterocycles. The minimum Gasteiger partial charge on any atom is -0.406 e. The van der Waals surface area contributed by atoms with Gasteiger partial charge >= 0.3 is 6.36 Å². The first-order chi connectivity index (χ1) is 16.8. The zero-order chi connectivity index (χ0) is 27.6. The molecule has 1 aromatic rings. The fourth-order valence-corrected chi connectivity index (χ4v) is 4.08. The highest BCUT2D eigenvalue weighted by Crippen LogP contribution is 2.32. The Morgan fingerprint density at radius 2 is 1.72 bits per heavy atom. The van der Waals surface area contributed by atoms with Gasteiger partial charge < -0.3 is 19.6 Å². The Bertz CT molecular complexity index is 946. The molecule has 0 aliphatic carbocycles. The molecule has 0 saturated carbocycles. The summed E-state index contributed by atoms with van der Waals surface area (Å²) >= 11 is 0. The van der Waals surface area contributed by atoms with Crippen LogP contribution < -0.4 is 4.74 Å². The number of halogens is 3. The molecule has 0 radical (unpaired) electrons. The molecule has 0 amide bonds. The summed E-state index contributed by atoms with van der Waals surface area (Å²) in [7, 11) is 0. The SMILES string of the molecule is C=C.C=C(/C(=C\C(C)=C(/C)N1CCN(C(=C)CCO)C(C)C1)c1ccc(OC(F)(F)F)cc1)C(C)C. The van der Waals surface area contributed by atoms with Crippen LogP contribution in [-0.4, -0.2) is 53.6 Å². The van der Waals surface area contributed by atoms with Crippen LogP contribution in [0.25, 0.3) is 5.57 Å². The number of nitrogens with zero attached hydrogens (tertiary/aromatic N) is 2. The Morgan fingerprint density at radius 1 is 1.14 bits per heavy atom. The number of benzene rings is 1. The van der Waals surface area contributed by atoms with Gasteiger partial charge in [0, 0.05) is 50.1 Å². The zero-order valence-corrected chi connectivity index (χ0v) is 22.3. The summed E-state index contributed by atoms with van der Waals surface area (Å²) in [6.45, 7) is 27.3. The van der Waals surface area contributed by atoms with Crippen molar-refractivity contribution in [2.75, 3.05) is 26.2 Å². The number of hydrogen-bond donors (Lipinski definition) is 1. The maximum absolute atomic E-state index is 12.5. The Labute approximate surface area is 214 Å². The highest BCUT2D eigenvalue weighted by molar-refractivity contribution is 5.80. The van der Waals surface area contributed by atoms with Crippen molar-refractivity contribution in [2.24, 2.45) is 5.92 Å². The molecule has 1 aromatic carbocycles. The fraction of sp³-hybridized carbons (Fsp3) is 0.448. The van der Waals surface area contributed by atoms with E-state index in [-0.39, 0.29) is 24.3 Å². The lowest BCUT2D eigenvalue weighted by molar-refractivity contribution is -0.274. The largest absolute Gasteiger partial charge is 0.573 e. The molecule has 1 unspecified atom stereocenters. The van der Waals surface area contributed by atoms with Crippen LogP contribution in [0, 0.1) is 5.92 Å². The van der Waals surface area contributed by atoms with Crippen LogP contribution in [-0.2, 0) is 0 Å². The van der Waals surface area contributed by atoms with E-state index in [9.17, 15) is 18.3 Å². The average molecular weight is 507 g/mol. The summed E-state index contributed by atoms with van der Waals surface area (Å²) in [6.07, 6.45) is -2.07. The van der Waals surface area contributed by atoms with E-state index in [4.69, 9.17) is 0 Å². The summed E-state index contributed by atoms with van der Waals surface area (Å²) in [6, 6.07) is 6.20. The fourth-order valence-electron chi connectivity index (χ4n) is 4.08. The zero-order valence-electron chi connectivity index (χ0n) is 22.3. The van der Waals surface area contributed by atoms with Crippen molar-refractivity contribution in [1.29, 1.82) is 0 Å². The summed E-state index contributed by atoms with van der Waals surface area (Å²) in [5.41, 5.74) is 5.77. The van der Waals surface area contributed by atoms with Crippen molar-refractivity contribution in [3.05, 3.63) is 84.8 Å². The molecule has 2 rings (SSSR count). The number of rotatable bonds is 9. The number of aliphatic hydroxyl groups excluding tert-OH is 1. The van der Waals surface area contributed by atoms with E-state index in [2.05, 4.69) is 60.8 Å². The molecule has 7 heteroatoms. The van der Waals surface area contributed by atoms with Crippen molar-refractivity contribution in [1.82, 2.24) is 9.80 Å². The molecule has 36 heavy (non-hydrogen) atoms. The van der Waals surface area contributed by atoms with Crippen LogP contribution in [0.2, 0.25) is 0 Å². The number of piperazine rings is 1. The third kappa shape index (κ3) is 8.94. The number of allylic oxidation sites excluding steroid dienone is 5. The van der Waals surface area contributed by atoms with Gasteiger partial charge in [-0.1, -0.05) is 39.1 Å². The molecule has 1 saturated heterocycles. The van der Waals surface area contributed by atoms with Gasteiger partial charge in [0.25, 0.3) is 0 Å². The Kier molecular flexibility index (Phi) is 12.1. The molecular formula is C29H41F3N2O2. The van der Waals surface area contributed by atoms with Gasteiger partial charge in [0.2, 0.25) is 0 Å². The molecule has 0 bridgehead atoms. The van der Waals surface area contributed by atoms with Crippen LogP contribution in [0.3, 0.4) is 0 Å². The van der Waals surface area contributed by atoms with Crippen molar-refractivity contribution >= 4 is 5.57 Å². The lowest BCUT2D eigenvalue weighted by atomic mass is 9.90. The van der Waals surface area contributed by atoms with Gasteiger partial charge in [-0.3, -0.25) is 0 Å². The summed E-state index contributed by atoms with van der Waals surface area (Å²) < 4.78 is 41.6. The normalized spacial score (nSPS) is 17.3. The summed E-state index contributed by atoms with van der Waals surface area (Å²) in [5, 5.41) is 9.22. The van der Waals surface area contributed by atoms with E-state index in [1.165, 1.54) is 12.1 Å². The molecule has 1 N–H and O–H groups in total. The maximum atomic E-state index is 12.5. The summed E-state index contributed by atoms with van der Waals surface area (Å²) in [5.74, 6) is -0.0737. The lowest BCUT2D eigenvalue weighted by Crippen LogP contribution is -2.50. The maximum Gasteiger partial charge on any atom is 0.573 e. The summed E-state index contributed by atoms with van der Waals surface area (Å²) in [4.78, 5) is 4.59. The van der Waals surface area contributed by atoms with Crippen molar-refractivity contribution in [3.63, 3.8) is 0 Å². The predicted octanol–water partition coefficient (Wildman–Crippen LogP) is 7.18. The average Bonchev–Trinajstić information content (AvgIpc) is 2.82. The third-order valence-corrected chi connectivity index (χ3v) is 6.28. The van der Waals surface area contributed by atoms with Crippen molar-refractivity contribution < 1.29 is 23.0 Å². The topological polar surface area (TPSA) is 35.9 Å². The standard InChI is InChI=1S/C27H37F3N2O2.C2H4/c1-18(2)22(6)26(24-8-10-25(11-9-24)34-27(28,29)30)16-19(3)23(7)31-13-14-32(21(5)17-31)20(4)12-15-33;1-2/h8-11,16,18,21,33H,4,6,12-15,17H2,1-3,5,7H3;1-2H2/b23-19+,26-16+;. The van der Waals surface area contributed by atoms with E-state index < -0.39 is 6.36 Å². The van der Waals surface area contributed by atoms with E-state index >= 15 is 0 Å². The molecule has 0 spiro atoms. The number of alkyl halides is 3. The number of aliphatic hydroxyl groups is 1. The Hall–Kier alpha value is -2.93. The van der Waals surface area contributed by atoms with E-state index in [0.29, 0.717) is 6.42 Å². The van der Waals surface area contributed by atoms with Crippen LogP contribution in [0.5, 0.6) is 5.75 Å². The van der Waals surface area contributed by atoms with Gasteiger partial charge in [0.1, 0.15) is 5.75 Å². The molecular weight excluding hydrogens is 465 g/mol. The van der Waals surface area contributed by atoms with Crippen molar-refractivity contribution in [3.8, 4) is 5.75 Å². The van der Waals surface area contributed by atoms with Gasteiger partial charge in [-0.05, 0) is 67.2 Å². The number of ether oxygens (including phenoxy) is 1. The molecule has 1 fully saturated rings. The molecule has 1 heterocycles. The first kappa shape index (κ1) is 31.1. The predicted molar refractivity (Wildman–Crippen MR) is 143 cm³/mol. The molecule has 200 valence electrons. The van der Waals surface area contributed by atoms with E-state index in [0.717, 1.165) is 53.3 Å². The third-order valence-electron chi connectivity index (χ3n) is 6.28. The second-order valence-corrected chi connectivity index (χ2v) is 9.11. The quantitative estimate of drug-likeness (QED) is 0.284. The lowest BCUT2D eigenvalue weighted by Gasteiger charge is -2.43. The Balaban J connectivity index is 0.00000316. The van der Waals surface area contributed by atoms with Gasteiger partial charge in [0.05, 0.1) is 0 Å². The first-order valence-corrected chi connectivity index (χ1v) is 12.1. The van der Waals surface area contributed by atoms with Gasteiger partial charge in [-0.25, -0.2) is 0 Å². The van der Waals surface area contributed by atoms with Crippen LogP contribution in [0.4, 0.5) is 13.2 Å². The minimum absolute atomic E-state index is 0.0976. The van der Waals surface area contributed by atoms with Gasteiger partial charge in [0.15, 0.2) is 0 Å². The molecule has 1 aliphatic heterocycles.